The van der Waals surface area contributed by atoms with Gasteiger partial charge < -0.3 is 20.7 Å². The molecular formula is C17H23N3O3. The molecule has 0 unspecified atom stereocenters. The molecule has 6 nitrogen and oxygen atoms in total. The second kappa shape index (κ2) is 7.28. The topological polar surface area (TPSA) is 94.2 Å². The molecule has 1 aromatic carbocycles. The van der Waals surface area contributed by atoms with E-state index in [4.69, 9.17) is 5.11 Å². The lowest BCUT2D eigenvalue weighted by molar-refractivity contribution is 0.201. The summed E-state index contributed by atoms with van der Waals surface area (Å²) in [6.07, 6.45) is 0.617. The van der Waals surface area contributed by atoms with Gasteiger partial charge in [-0.3, -0.25) is 4.79 Å². The summed E-state index contributed by atoms with van der Waals surface area (Å²) >= 11 is 0. The molecule has 0 aliphatic heterocycles. The Bertz CT molecular complexity index is 737. The van der Waals surface area contributed by atoms with Gasteiger partial charge in [-0.25, -0.2) is 4.79 Å². The zero-order valence-electron chi connectivity index (χ0n) is 13.5. The molecule has 1 heterocycles. The Labute approximate surface area is 134 Å². The molecule has 2 aromatic rings. The van der Waals surface area contributed by atoms with Crippen LogP contribution in [0.15, 0.2) is 35.1 Å². The lowest BCUT2D eigenvalue weighted by Gasteiger charge is -2.23. The largest absolute Gasteiger partial charge is 0.396 e. The van der Waals surface area contributed by atoms with Crippen LogP contribution in [0.1, 0.15) is 25.8 Å². The summed E-state index contributed by atoms with van der Waals surface area (Å²) < 4.78 is 0. The molecule has 0 saturated carbocycles. The smallest absolute Gasteiger partial charge is 0.315 e. The van der Waals surface area contributed by atoms with E-state index in [2.05, 4.69) is 15.6 Å². The first-order valence-electron chi connectivity index (χ1n) is 7.65. The number of aromatic amines is 1. The number of benzene rings is 1. The molecule has 2 amide bonds. The standard InChI is InChI=1S/C17H23N3O3/c1-17(2,7-8-21)11-19-16(23)18-10-12-9-15(22)20-14-6-4-3-5-13(12)14/h3-6,9,21H,7-8,10-11H2,1-2H3,(H,20,22)(H2,18,19,23). The van der Waals surface area contributed by atoms with E-state index in [9.17, 15) is 9.59 Å². The Balaban J connectivity index is 1.98. The van der Waals surface area contributed by atoms with Gasteiger partial charge in [-0.1, -0.05) is 32.0 Å². The van der Waals surface area contributed by atoms with Crippen molar-refractivity contribution in [2.45, 2.75) is 26.8 Å². The summed E-state index contributed by atoms with van der Waals surface area (Å²) in [5.41, 5.74) is 1.17. The average Bonchev–Trinajstić information content (AvgIpc) is 2.50. The molecule has 0 aliphatic carbocycles. The molecule has 4 N–H and O–H groups in total. The fourth-order valence-electron chi connectivity index (χ4n) is 2.37. The third-order valence-electron chi connectivity index (χ3n) is 3.79. The van der Waals surface area contributed by atoms with Gasteiger partial charge in [0.05, 0.1) is 0 Å². The van der Waals surface area contributed by atoms with Crippen molar-refractivity contribution in [1.29, 1.82) is 0 Å². The number of H-pyrrole nitrogens is 1. The number of fused-ring (bicyclic) bond motifs is 1. The normalized spacial score (nSPS) is 11.4. The zero-order valence-corrected chi connectivity index (χ0v) is 13.5. The Morgan fingerprint density at radius 3 is 2.74 bits per heavy atom. The molecule has 1 aromatic heterocycles. The van der Waals surface area contributed by atoms with Crippen molar-refractivity contribution in [1.82, 2.24) is 15.6 Å². The summed E-state index contributed by atoms with van der Waals surface area (Å²) in [5, 5.41) is 15.5. The maximum Gasteiger partial charge on any atom is 0.315 e. The molecule has 23 heavy (non-hydrogen) atoms. The van der Waals surface area contributed by atoms with Crippen LogP contribution in [0.2, 0.25) is 0 Å². The summed E-state index contributed by atoms with van der Waals surface area (Å²) in [6, 6.07) is 8.69. The zero-order chi connectivity index (χ0) is 16.9. The number of aliphatic hydroxyl groups excluding tert-OH is 1. The Morgan fingerprint density at radius 2 is 2.00 bits per heavy atom. The second-order valence-corrected chi connectivity index (χ2v) is 6.38. The molecule has 0 atom stereocenters. The van der Waals surface area contributed by atoms with Crippen molar-refractivity contribution in [3.63, 3.8) is 0 Å². The predicted molar refractivity (Wildman–Crippen MR) is 90.3 cm³/mol. The van der Waals surface area contributed by atoms with Gasteiger partial charge in [0.15, 0.2) is 0 Å². The van der Waals surface area contributed by atoms with Crippen molar-refractivity contribution >= 4 is 16.9 Å². The molecule has 0 fully saturated rings. The van der Waals surface area contributed by atoms with Gasteiger partial charge in [0.2, 0.25) is 5.56 Å². The number of pyridine rings is 1. The molecule has 0 radical (unpaired) electrons. The number of para-hydroxylation sites is 1. The number of rotatable bonds is 6. The highest BCUT2D eigenvalue weighted by molar-refractivity contribution is 5.82. The monoisotopic (exact) mass is 317 g/mol. The van der Waals surface area contributed by atoms with E-state index in [0.717, 1.165) is 16.5 Å². The van der Waals surface area contributed by atoms with Crippen molar-refractivity contribution < 1.29 is 9.90 Å². The molecular weight excluding hydrogens is 294 g/mol. The van der Waals surface area contributed by atoms with Crippen molar-refractivity contribution in [2.75, 3.05) is 13.2 Å². The van der Waals surface area contributed by atoms with E-state index >= 15 is 0 Å². The van der Waals surface area contributed by atoms with Crippen LogP contribution < -0.4 is 16.2 Å². The summed E-state index contributed by atoms with van der Waals surface area (Å²) in [4.78, 5) is 26.4. The molecule has 0 spiro atoms. The molecule has 0 saturated heterocycles. The fourth-order valence-corrected chi connectivity index (χ4v) is 2.37. The van der Waals surface area contributed by atoms with E-state index in [1.54, 1.807) is 0 Å². The van der Waals surface area contributed by atoms with Gasteiger partial charge >= 0.3 is 6.03 Å². The summed E-state index contributed by atoms with van der Waals surface area (Å²) in [6.45, 7) is 4.79. The number of amides is 2. The van der Waals surface area contributed by atoms with Crippen molar-refractivity contribution in [2.24, 2.45) is 5.41 Å². The molecule has 2 rings (SSSR count). The van der Waals surface area contributed by atoms with Crippen LogP contribution in [0.4, 0.5) is 4.79 Å². The van der Waals surface area contributed by atoms with E-state index in [1.165, 1.54) is 6.07 Å². The van der Waals surface area contributed by atoms with Gasteiger partial charge in [0, 0.05) is 36.7 Å². The Hall–Kier alpha value is -2.34. The second-order valence-electron chi connectivity index (χ2n) is 6.38. The minimum atomic E-state index is -0.291. The van der Waals surface area contributed by atoms with Crippen LogP contribution in [-0.2, 0) is 6.54 Å². The lowest BCUT2D eigenvalue weighted by Crippen LogP contribution is -2.40. The third-order valence-corrected chi connectivity index (χ3v) is 3.79. The Morgan fingerprint density at radius 1 is 1.26 bits per heavy atom. The van der Waals surface area contributed by atoms with Crippen LogP contribution in [0.5, 0.6) is 0 Å². The highest BCUT2D eigenvalue weighted by Crippen LogP contribution is 2.18. The summed E-state index contributed by atoms with van der Waals surface area (Å²) in [5.74, 6) is 0. The number of aliphatic hydroxyl groups is 1. The molecule has 0 bridgehead atoms. The lowest BCUT2D eigenvalue weighted by atomic mass is 9.90. The molecule has 6 heteroatoms. The third kappa shape index (κ3) is 4.82. The first-order valence-corrected chi connectivity index (χ1v) is 7.65. The van der Waals surface area contributed by atoms with Crippen LogP contribution in [0.25, 0.3) is 10.9 Å². The van der Waals surface area contributed by atoms with Crippen LogP contribution >= 0.6 is 0 Å². The van der Waals surface area contributed by atoms with E-state index in [-0.39, 0.29) is 30.2 Å². The highest BCUT2D eigenvalue weighted by atomic mass is 16.3. The highest BCUT2D eigenvalue weighted by Gasteiger charge is 2.18. The van der Waals surface area contributed by atoms with E-state index in [1.807, 2.05) is 38.1 Å². The van der Waals surface area contributed by atoms with E-state index in [0.29, 0.717) is 13.0 Å². The predicted octanol–water partition coefficient (Wildman–Crippen LogP) is 1.74. The number of carbonyl (C=O) groups is 1. The maximum absolute atomic E-state index is 11.9. The fraction of sp³-hybridized carbons (Fsp3) is 0.412. The van der Waals surface area contributed by atoms with Gasteiger partial charge in [-0.2, -0.15) is 0 Å². The molecule has 0 aliphatic rings. The SMILES string of the molecule is CC(C)(CCO)CNC(=O)NCc1cc(=O)[nH]c2ccccc12. The maximum atomic E-state index is 11.9. The van der Waals surface area contributed by atoms with Crippen molar-refractivity contribution in [3.05, 3.63) is 46.2 Å². The summed E-state index contributed by atoms with van der Waals surface area (Å²) in [7, 11) is 0. The number of nitrogens with one attached hydrogen (secondary N) is 3. The minimum Gasteiger partial charge on any atom is -0.396 e. The quantitative estimate of drug-likeness (QED) is 0.653. The van der Waals surface area contributed by atoms with Gasteiger partial charge in [0.25, 0.3) is 0 Å². The van der Waals surface area contributed by atoms with Crippen LogP contribution in [-0.4, -0.2) is 29.3 Å². The number of urea groups is 1. The van der Waals surface area contributed by atoms with Crippen LogP contribution in [0, 0.1) is 5.41 Å². The first kappa shape index (κ1) is 17.0. The number of carbonyl (C=O) groups excluding carboxylic acids is 1. The minimum absolute atomic E-state index is 0.0923. The van der Waals surface area contributed by atoms with Crippen molar-refractivity contribution in [3.8, 4) is 0 Å². The van der Waals surface area contributed by atoms with Gasteiger partial charge in [-0.05, 0) is 23.5 Å². The molecule has 124 valence electrons. The van der Waals surface area contributed by atoms with Gasteiger partial charge in [0.1, 0.15) is 0 Å². The number of hydrogen-bond acceptors (Lipinski definition) is 3. The van der Waals surface area contributed by atoms with E-state index < -0.39 is 0 Å². The average molecular weight is 317 g/mol. The first-order chi connectivity index (χ1) is 10.9. The Kier molecular flexibility index (Phi) is 5.39. The van der Waals surface area contributed by atoms with Gasteiger partial charge in [-0.15, -0.1) is 0 Å². The van der Waals surface area contributed by atoms with Crippen LogP contribution in [0.3, 0.4) is 0 Å². The number of aromatic nitrogens is 1. The number of hydrogen-bond donors (Lipinski definition) is 4.